The Morgan fingerprint density at radius 3 is 3.15 bits per heavy atom. The van der Waals surface area contributed by atoms with Gasteiger partial charge < -0.3 is 14.8 Å². The van der Waals surface area contributed by atoms with E-state index < -0.39 is 0 Å². The van der Waals surface area contributed by atoms with Crippen LogP contribution in [0.2, 0.25) is 0 Å². The zero-order chi connectivity index (χ0) is 17.8. The first kappa shape index (κ1) is 17.1. The van der Waals surface area contributed by atoms with E-state index in [9.17, 15) is 4.79 Å². The monoisotopic (exact) mass is 369 g/mol. The Morgan fingerprint density at radius 2 is 2.27 bits per heavy atom. The van der Waals surface area contributed by atoms with E-state index in [4.69, 9.17) is 9.47 Å². The Bertz CT molecular complexity index is 885. The largest absolute Gasteiger partial charge is 0.379 e. The van der Waals surface area contributed by atoms with Gasteiger partial charge in [-0.3, -0.25) is 9.78 Å². The molecule has 7 heteroatoms. The molecule has 1 fully saturated rings. The average molecular weight is 369 g/mol. The van der Waals surface area contributed by atoms with Crippen molar-refractivity contribution in [2.24, 2.45) is 0 Å². The van der Waals surface area contributed by atoms with Crippen LogP contribution >= 0.6 is 11.3 Å². The van der Waals surface area contributed by atoms with Gasteiger partial charge in [0.25, 0.3) is 5.91 Å². The van der Waals surface area contributed by atoms with Gasteiger partial charge in [-0.1, -0.05) is 18.2 Å². The molecule has 3 aromatic rings. The Labute approximate surface area is 155 Å². The lowest BCUT2D eigenvalue weighted by molar-refractivity contribution is -0.0611. The number of pyridine rings is 1. The minimum absolute atomic E-state index is 0.0946. The number of amides is 1. The summed E-state index contributed by atoms with van der Waals surface area (Å²) in [5.74, 6) is -0.166. The number of aromatic nitrogens is 2. The lowest BCUT2D eigenvalue weighted by Crippen LogP contribution is -2.50. The van der Waals surface area contributed by atoms with Crippen LogP contribution in [0.15, 0.2) is 47.4 Å². The maximum absolute atomic E-state index is 12.7. The van der Waals surface area contributed by atoms with Crippen molar-refractivity contribution in [1.29, 1.82) is 0 Å². The summed E-state index contributed by atoms with van der Waals surface area (Å²) in [4.78, 5) is 21.2. The summed E-state index contributed by atoms with van der Waals surface area (Å²) >= 11 is 1.54. The number of benzene rings is 1. The molecule has 4 rings (SSSR count). The highest BCUT2D eigenvalue weighted by molar-refractivity contribution is 7.07. The third-order valence-corrected chi connectivity index (χ3v) is 5.03. The standard InChI is InChI=1S/C19H19N3O3S/c23-19(14-7-13-3-1-2-4-16(13)20-8-14)22-17-10-24-6-5-18(17)25-9-15-11-26-12-21-15/h1-4,7-8,11-12,17-18H,5-6,9-10H2,(H,22,23)/t17-,18+/m1/s1. The van der Waals surface area contributed by atoms with Crippen molar-refractivity contribution in [3.63, 3.8) is 0 Å². The molecule has 1 aromatic carbocycles. The number of rotatable bonds is 5. The van der Waals surface area contributed by atoms with Gasteiger partial charge in [-0.2, -0.15) is 0 Å². The number of thiazole rings is 1. The molecule has 0 saturated carbocycles. The van der Waals surface area contributed by atoms with E-state index in [-0.39, 0.29) is 18.1 Å². The van der Waals surface area contributed by atoms with Gasteiger partial charge in [0.2, 0.25) is 0 Å². The Balaban J connectivity index is 1.43. The van der Waals surface area contributed by atoms with E-state index in [1.54, 1.807) is 23.0 Å². The summed E-state index contributed by atoms with van der Waals surface area (Å²) in [6.45, 7) is 1.51. The molecule has 2 aromatic heterocycles. The van der Waals surface area contributed by atoms with Crippen LogP contribution in [0.25, 0.3) is 10.9 Å². The first-order valence-corrected chi connectivity index (χ1v) is 9.46. The first-order chi connectivity index (χ1) is 12.8. The van der Waals surface area contributed by atoms with Crippen LogP contribution in [-0.4, -0.2) is 41.2 Å². The van der Waals surface area contributed by atoms with Crippen molar-refractivity contribution >= 4 is 28.1 Å². The van der Waals surface area contributed by atoms with Crippen molar-refractivity contribution in [2.45, 2.75) is 25.2 Å². The second-order valence-electron chi connectivity index (χ2n) is 6.19. The third-order valence-electron chi connectivity index (χ3n) is 4.39. The van der Waals surface area contributed by atoms with Crippen LogP contribution in [0.1, 0.15) is 22.5 Å². The van der Waals surface area contributed by atoms with Crippen LogP contribution < -0.4 is 5.32 Å². The highest BCUT2D eigenvalue weighted by atomic mass is 32.1. The second kappa shape index (κ2) is 7.90. The van der Waals surface area contributed by atoms with Gasteiger partial charge in [0.15, 0.2) is 0 Å². The van der Waals surface area contributed by atoms with Gasteiger partial charge in [0.1, 0.15) is 0 Å². The van der Waals surface area contributed by atoms with Gasteiger partial charge in [-0.15, -0.1) is 11.3 Å². The molecule has 0 radical (unpaired) electrons. The topological polar surface area (TPSA) is 73.3 Å². The number of fused-ring (bicyclic) bond motifs is 1. The normalized spacial score (nSPS) is 20.2. The van der Waals surface area contributed by atoms with Crippen LogP contribution in [0.5, 0.6) is 0 Å². The molecule has 1 aliphatic rings. The minimum atomic E-state index is -0.193. The molecular formula is C19H19N3O3S. The maximum atomic E-state index is 12.7. The Morgan fingerprint density at radius 1 is 1.35 bits per heavy atom. The number of carbonyl (C=O) groups is 1. The van der Waals surface area contributed by atoms with Crippen molar-refractivity contribution in [3.05, 3.63) is 58.7 Å². The molecule has 26 heavy (non-hydrogen) atoms. The fraction of sp³-hybridized carbons (Fsp3) is 0.316. The molecule has 0 bridgehead atoms. The van der Waals surface area contributed by atoms with E-state index in [2.05, 4.69) is 15.3 Å². The number of hydrogen-bond donors (Lipinski definition) is 1. The molecule has 6 nitrogen and oxygen atoms in total. The van der Waals surface area contributed by atoms with Gasteiger partial charge in [0, 0.05) is 23.6 Å². The third kappa shape index (κ3) is 3.90. The van der Waals surface area contributed by atoms with Crippen molar-refractivity contribution in [3.8, 4) is 0 Å². The fourth-order valence-electron chi connectivity index (χ4n) is 3.00. The van der Waals surface area contributed by atoms with Gasteiger partial charge in [-0.25, -0.2) is 4.98 Å². The maximum Gasteiger partial charge on any atom is 0.253 e. The first-order valence-electron chi connectivity index (χ1n) is 8.51. The number of hydrogen-bond acceptors (Lipinski definition) is 6. The summed E-state index contributed by atoms with van der Waals surface area (Å²) in [5.41, 5.74) is 4.10. The Hall–Kier alpha value is -2.35. The van der Waals surface area contributed by atoms with E-state index in [1.165, 1.54) is 0 Å². The molecule has 2 atom stereocenters. The zero-order valence-electron chi connectivity index (χ0n) is 14.1. The lowest BCUT2D eigenvalue weighted by Gasteiger charge is -2.32. The molecular weight excluding hydrogens is 350 g/mol. The number of para-hydroxylation sites is 1. The minimum Gasteiger partial charge on any atom is -0.379 e. The number of carbonyl (C=O) groups excluding carboxylic acids is 1. The second-order valence-corrected chi connectivity index (χ2v) is 6.91. The summed E-state index contributed by atoms with van der Waals surface area (Å²) in [7, 11) is 0. The molecule has 0 aliphatic carbocycles. The van der Waals surface area contributed by atoms with Crippen LogP contribution in [0.4, 0.5) is 0 Å². The predicted molar refractivity (Wildman–Crippen MR) is 99.1 cm³/mol. The lowest BCUT2D eigenvalue weighted by atomic mass is 10.1. The smallest absolute Gasteiger partial charge is 0.253 e. The molecule has 0 unspecified atom stereocenters. The number of ether oxygens (including phenoxy) is 2. The summed E-state index contributed by atoms with van der Waals surface area (Å²) in [6, 6.07) is 9.40. The molecule has 0 spiro atoms. The van der Waals surface area contributed by atoms with E-state index in [1.807, 2.05) is 35.7 Å². The number of nitrogens with zero attached hydrogens (tertiary/aromatic N) is 2. The molecule has 1 aliphatic heterocycles. The van der Waals surface area contributed by atoms with Crippen LogP contribution in [0, 0.1) is 0 Å². The predicted octanol–water partition coefficient (Wildman–Crippen LogP) is 2.80. The average Bonchev–Trinajstić information content (AvgIpc) is 3.20. The van der Waals surface area contributed by atoms with Gasteiger partial charge in [0.05, 0.1) is 47.6 Å². The summed E-state index contributed by atoms with van der Waals surface area (Å²) < 4.78 is 11.5. The fourth-order valence-corrected chi connectivity index (χ4v) is 3.54. The van der Waals surface area contributed by atoms with Gasteiger partial charge >= 0.3 is 0 Å². The highest BCUT2D eigenvalue weighted by Crippen LogP contribution is 2.17. The molecule has 3 heterocycles. The molecule has 1 N–H and O–H groups in total. The van der Waals surface area contributed by atoms with Crippen LogP contribution in [0.3, 0.4) is 0 Å². The van der Waals surface area contributed by atoms with E-state index in [0.29, 0.717) is 25.4 Å². The summed E-state index contributed by atoms with van der Waals surface area (Å²) in [6.07, 6.45) is 2.25. The molecule has 1 saturated heterocycles. The zero-order valence-corrected chi connectivity index (χ0v) is 14.9. The van der Waals surface area contributed by atoms with Gasteiger partial charge in [-0.05, 0) is 18.6 Å². The van der Waals surface area contributed by atoms with E-state index in [0.717, 1.165) is 23.0 Å². The molecule has 1 amide bonds. The summed E-state index contributed by atoms with van der Waals surface area (Å²) in [5, 5.41) is 5.94. The van der Waals surface area contributed by atoms with Crippen molar-refractivity contribution in [2.75, 3.05) is 13.2 Å². The Kier molecular flexibility index (Phi) is 5.19. The molecule has 134 valence electrons. The number of nitrogens with one attached hydrogen (secondary N) is 1. The van der Waals surface area contributed by atoms with E-state index >= 15 is 0 Å². The van der Waals surface area contributed by atoms with Crippen molar-refractivity contribution < 1.29 is 14.3 Å². The van der Waals surface area contributed by atoms with Crippen LogP contribution in [-0.2, 0) is 16.1 Å². The highest BCUT2D eigenvalue weighted by Gasteiger charge is 2.28. The van der Waals surface area contributed by atoms with Crippen molar-refractivity contribution in [1.82, 2.24) is 15.3 Å². The SMILES string of the molecule is O=C(N[C@@H]1COCC[C@@H]1OCc1cscn1)c1cnc2ccccc2c1. The quantitative estimate of drug-likeness (QED) is 0.749.